The fourth-order valence-electron chi connectivity index (χ4n) is 2.51. The van der Waals surface area contributed by atoms with Gasteiger partial charge < -0.3 is 9.80 Å². The third-order valence-corrected chi connectivity index (χ3v) is 4.36. The van der Waals surface area contributed by atoms with Gasteiger partial charge >= 0.3 is 6.03 Å². The zero-order valence-corrected chi connectivity index (χ0v) is 12.9. The molecule has 2 amide bonds. The Labute approximate surface area is 128 Å². The van der Waals surface area contributed by atoms with Gasteiger partial charge in [0.1, 0.15) is 5.01 Å². The molecule has 1 aromatic carbocycles. The minimum absolute atomic E-state index is 0.0201. The Bertz CT molecular complexity index is 649. The van der Waals surface area contributed by atoms with Crippen LogP contribution >= 0.6 is 11.3 Å². The Morgan fingerprint density at radius 2 is 2.10 bits per heavy atom. The molecule has 0 bridgehead atoms. The highest BCUT2D eigenvalue weighted by Crippen LogP contribution is 2.35. The first-order valence-corrected chi connectivity index (χ1v) is 7.68. The SMILES string of the molecule is CN(C)C(=O)N1CC(c2nccs2)=CC1c1ccccc1. The van der Waals surface area contributed by atoms with Gasteiger partial charge in [-0.25, -0.2) is 9.78 Å². The minimum atomic E-state index is -0.0278. The average molecular weight is 299 g/mol. The third-order valence-electron chi connectivity index (χ3n) is 3.51. The summed E-state index contributed by atoms with van der Waals surface area (Å²) in [7, 11) is 3.57. The number of hydrogen-bond acceptors (Lipinski definition) is 3. The van der Waals surface area contributed by atoms with E-state index in [1.165, 1.54) is 0 Å². The maximum absolute atomic E-state index is 12.4. The minimum Gasteiger partial charge on any atom is -0.331 e. The zero-order valence-electron chi connectivity index (χ0n) is 12.1. The molecule has 1 unspecified atom stereocenters. The summed E-state index contributed by atoms with van der Waals surface area (Å²) in [6, 6.07) is 10.1. The molecular formula is C16H17N3OS. The van der Waals surface area contributed by atoms with Gasteiger partial charge in [0.05, 0.1) is 12.6 Å². The van der Waals surface area contributed by atoms with Gasteiger partial charge in [0, 0.05) is 31.2 Å². The predicted molar refractivity (Wildman–Crippen MR) is 85.1 cm³/mol. The number of urea groups is 1. The molecule has 21 heavy (non-hydrogen) atoms. The number of carbonyl (C=O) groups excluding carboxylic acids is 1. The second-order valence-corrected chi connectivity index (χ2v) is 6.08. The number of aromatic nitrogens is 1. The molecule has 4 nitrogen and oxygen atoms in total. The van der Waals surface area contributed by atoms with E-state index in [1.54, 1.807) is 36.5 Å². The van der Waals surface area contributed by atoms with Crippen molar-refractivity contribution in [2.24, 2.45) is 0 Å². The lowest BCUT2D eigenvalue weighted by atomic mass is 10.1. The summed E-state index contributed by atoms with van der Waals surface area (Å²) in [6.45, 7) is 0.601. The van der Waals surface area contributed by atoms with Crippen LogP contribution in [0.3, 0.4) is 0 Å². The van der Waals surface area contributed by atoms with Crippen LogP contribution in [0.4, 0.5) is 4.79 Å². The van der Waals surface area contributed by atoms with Gasteiger partial charge in [0.2, 0.25) is 0 Å². The van der Waals surface area contributed by atoms with Crippen LogP contribution in [0.25, 0.3) is 5.57 Å². The van der Waals surface area contributed by atoms with E-state index in [0.29, 0.717) is 6.54 Å². The van der Waals surface area contributed by atoms with Gasteiger partial charge in [0.15, 0.2) is 0 Å². The Balaban J connectivity index is 1.96. The molecule has 0 aliphatic carbocycles. The van der Waals surface area contributed by atoms with Gasteiger partial charge in [-0.15, -0.1) is 11.3 Å². The normalized spacial score (nSPS) is 17.7. The molecule has 1 aliphatic heterocycles. The second kappa shape index (κ2) is 5.69. The smallest absolute Gasteiger partial charge is 0.320 e. The number of thiazole rings is 1. The van der Waals surface area contributed by atoms with Crippen molar-refractivity contribution in [1.29, 1.82) is 0 Å². The van der Waals surface area contributed by atoms with Crippen molar-refractivity contribution in [2.45, 2.75) is 6.04 Å². The van der Waals surface area contributed by atoms with E-state index in [1.807, 2.05) is 28.5 Å². The van der Waals surface area contributed by atoms with E-state index in [-0.39, 0.29) is 12.1 Å². The van der Waals surface area contributed by atoms with E-state index in [4.69, 9.17) is 0 Å². The highest BCUT2D eigenvalue weighted by molar-refractivity contribution is 7.10. The quantitative estimate of drug-likeness (QED) is 0.853. The molecule has 0 spiro atoms. The molecule has 0 fully saturated rings. The summed E-state index contributed by atoms with van der Waals surface area (Å²) in [6.07, 6.45) is 3.95. The lowest BCUT2D eigenvalue weighted by Crippen LogP contribution is -2.39. The van der Waals surface area contributed by atoms with Crippen LogP contribution in [0, 0.1) is 0 Å². The Morgan fingerprint density at radius 1 is 1.33 bits per heavy atom. The summed E-state index contributed by atoms with van der Waals surface area (Å²) in [4.78, 5) is 20.3. The molecule has 0 N–H and O–H groups in total. The highest BCUT2D eigenvalue weighted by Gasteiger charge is 2.32. The van der Waals surface area contributed by atoms with Gasteiger partial charge in [-0.2, -0.15) is 0 Å². The first-order chi connectivity index (χ1) is 10.2. The average Bonchev–Trinajstić information content (AvgIpc) is 3.16. The number of amides is 2. The molecule has 0 saturated heterocycles. The van der Waals surface area contributed by atoms with E-state index >= 15 is 0 Å². The van der Waals surface area contributed by atoms with Crippen molar-refractivity contribution >= 4 is 22.9 Å². The van der Waals surface area contributed by atoms with Crippen LogP contribution in [0.1, 0.15) is 16.6 Å². The monoisotopic (exact) mass is 299 g/mol. The molecule has 0 radical (unpaired) electrons. The fraction of sp³-hybridized carbons (Fsp3) is 0.250. The predicted octanol–water partition coefficient (Wildman–Crippen LogP) is 3.27. The maximum Gasteiger partial charge on any atom is 0.320 e. The van der Waals surface area contributed by atoms with Crippen LogP contribution in [-0.4, -0.2) is 41.5 Å². The fourth-order valence-corrected chi connectivity index (χ4v) is 3.16. The summed E-state index contributed by atoms with van der Waals surface area (Å²) < 4.78 is 0. The van der Waals surface area contributed by atoms with Crippen LogP contribution in [-0.2, 0) is 0 Å². The van der Waals surface area contributed by atoms with Crippen LogP contribution in [0.2, 0.25) is 0 Å². The molecule has 5 heteroatoms. The van der Waals surface area contributed by atoms with Crippen molar-refractivity contribution in [3.63, 3.8) is 0 Å². The Kier molecular flexibility index (Phi) is 3.75. The Morgan fingerprint density at radius 3 is 2.71 bits per heavy atom. The number of rotatable bonds is 2. The molecule has 0 saturated carbocycles. The molecule has 1 aliphatic rings. The van der Waals surface area contributed by atoms with Crippen molar-refractivity contribution < 1.29 is 4.79 Å². The summed E-state index contributed by atoms with van der Waals surface area (Å²) in [5.74, 6) is 0. The first kappa shape index (κ1) is 13.8. The van der Waals surface area contributed by atoms with Crippen LogP contribution < -0.4 is 0 Å². The van der Waals surface area contributed by atoms with Gasteiger partial charge in [-0.1, -0.05) is 30.3 Å². The lowest BCUT2D eigenvalue weighted by molar-refractivity contribution is 0.170. The number of nitrogens with zero attached hydrogens (tertiary/aromatic N) is 3. The molecule has 1 aromatic heterocycles. The van der Waals surface area contributed by atoms with Gasteiger partial charge in [0.25, 0.3) is 0 Å². The van der Waals surface area contributed by atoms with E-state index in [2.05, 4.69) is 23.2 Å². The molecule has 1 atom stereocenters. The molecule has 2 heterocycles. The van der Waals surface area contributed by atoms with Crippen molar-refractivity contribution in [2.75, 3.05) is 20.6 Å². The molecule has 108 valence electrons. The topological polar surface area (TPSA) is 36.4 Å². The van der Waals surface area contributed by atoms with Crippen LogP contribution in [0.15, 0.2) is 48.0 Å². The molecule has 2 aromatic rings. The number of benzene rings is 1. The van der Waals surface area contributed by atoms with E-state index < -0.39 is 0 Å². The second-order valence-electron chi connectivity index (χ2n) is 5.19. The van der Waals surface area contributed by atoms with Gasteiger partial charge in [-0.05, 0) is 11.6 Å². The first-order valence-electron chi connectivity index (χ1n) is 6.80. The summed E-state index contributed by atoms with van der Waals surface area (Å²) in [5, 5.41) is 2.95. The van der Waals surface area contributed by atoms with Crippen molar-refractivity contribution in [3.05, 3.63) is 58.6 Å². The molecule has 3 rings (SSSR count). The lowest BCUT2D eigenvalue weighted by Gasteiger charge is -2.28. The zero-order chi connectivity index (χ0) is 14.8. The van der Waals surface area contributed by atoms with E-state index in [0.717, 1.165) is 16.1 Å². The number of carbonyl (C=O) groups is 1. The van der Waals surface area contributed by atoms with Crippen molar-refractivity contribution in [3.8, 4) is 0 Å². The maximum atomic E-state index is 12.4. The highest BCUT2D eigenvalue weighted by atomic mass is 32.1. The number of hydrogen-bond donors (Lipinski definition) is 0. The standard InChI is InChI=1S/C16H17N3OS/c1-18(2)16(20)19-11-13(15-17-8-9-21-15)10-14(19)12-6-4-3-5-7-12/h3-10,14H,11H2,1-2H3. The van der Waals surface area contributed by atoms with Gasteiger partial charge in [-0.3, -0.25) is 0 Å². The summed E-state index contributed by atoms with van der Waals surface area (Å²) >= 11 is 1.61. The van der Waals surface area contributed by atoms with Crippen molar-refractivity contribution in [1.82, 2.24) is 14.8 Å². The third kappa shape index (κ3) is 2.69. The Hall–Kier alpha value is -2.14. The molecular weight excluding hydrogens is 282 g/mol. The largest absolute Gasteiger partial charge is 0.331 e. The summed E-state index contributed by atoms with van der Waals surface area (Å²) in [5.41, 5.74) is 2.24. The van der Waals surface area contributed by atoms with Crippen LogP contribution in [0.5, 0.6) is 0 Å². The van der Waals surface area contributed by atoms with E-state index in [9.17, 15) is 4.79 Å².